The Hall–Kier alpha value is -3.37. The van der Waals surface area contributed by atoms with Crippen molar-refractivity contribution in [3.8, 4) is 0 Å². The first-order valence-electron chi connectivity index (χ1n) is 10.0. The second-order valence-corrected chi connectivity index (χ2v) is 7.46. The van der Waals surface area contributed by atoms with Crippen LogP contribution in [0.1, 0.15) is 37.2 Å². The van der Waals surface area contributed by atoms with Gasteiger partial charge in [-0.05, 0) is 26.7 Å². The number of hydrogen-bond donors (Lipinski definition) is 3. The van der Waals surface area contributed by atoms with Crippen LogP contribution in [-0.2, 0) is 7.05 Å². The number of rotatable bonds is 6. The van der Waals surface area contributed by atoms with Gasteiger partial charge in [-0.15, -0.1) is 0 Å². The van der Waals surface area contributed by atoms with Crippen molar-refractivity contribution in [2.45, 2.75) is 38.8 Å². The molecule has 1 aliphatic rings. The summed E-state index contributed by atoms with van der Waals surface area (Å²) in [7, 11) is 3.56. The van der Waals surface area contributed by atoms with Gasteiger partial charge in [-0.2, -0.15) is 5.10 Å². The largest absolute Gasteiger partial charge is 0.364 e. The quantitative estimate of drug-likeness (QED) is 0.642. The SMILES string of the molecule is CCN(C)C(=O)N[C@@H]1CCCN(c2cnc(C(N)=O)c(Nc3cnn(C)c3)n2)[C@@H]1C. The summed E-state index contributed by atoms with van der Waals surface area (Å²) in [5.74, 6) is 0.221. The molecule has 2 atom stereocenters. The van der Waals surface area contributed by atoms with Crippen LogP contribution in [0.4, 0.5) is 22.1 Å². The Bertz CT molecular complexity index is 913. The summed E-state index contributed by atoms with van der Waals surface area (Å²) in [5, 5.41) is 10.3. The molecule has 4 N–H and O–H groups in total. The smallest absolute Gasteiger partial charge is 0.317 e. The van der Waals surface area contributed by atoms with Crippen LogP contribution in [0.15, 0.2) is 18.6 Å². The zero-order valence-corrected chi connectivity index (χ0v) is 17.8. The number of anilines is 3. The molecule has 1 aliphatic heterocycles. The highest BCUT2D eigenvalue weighted by atomic mass is 16.2. The van der Waals surface area contributed by atoms with Gasteiger partial charge in [-0.3, -0.25) is 9.48 Å². The summed E-state index contributed by atoms with van der Waals surface area (Å²) in [5.41, 5.74) is 6.21. The van der Waals surface area contributed by atoms with Crippen molar-refractivity contribution in [2.24, 2.45) is 12.8 Å². The van der Waals surface area contributed by atoms with E-state index < -0.39 is 5.91 Å². The molecule has 0 radical (unpaired) electrons. The minimum Gasteiger partial charge on any atom is -0.364 e. The van der Waals surface area contributed by atoms with Gasteiger partial charge >= 0.3 is 6.03 Å². The van der Waals surface area contributed by atoms with Gasteiger partial charge in [-0.25, -0.2) is 14.8 Å². The molecule has 11 nitrogen and oxygen atoms in total. The number of aryl methyl sites for hydroxylation is 1. The average Bonchev–Trinajstić information content (AvgIpc) is 3.13. The molecule has 162 valence electrons. The van der Waals surface area contributed by atoms with Gasteiger partial charge in [0.15, 0.2) is 11.5 Å². The molecule has 2 aromatic rings. The summed E-state index contributed by atoms with van der Waals surface area (Å²) < 4.78 is 1.64. The van der Waals surface area contributed by atoms with Gasteiger partial charge in [0.1, 0.15) is 5.82 Å². The zero-order chi connectivity index (χ0) is 21.8. The highest BCUT2D eigenvalue weighted by molar-refractivity contribution is 5.96. The Morgan fingerprint density at radius 3 is 2.77 bits per heavy atom. The standard InChI is InChI=1S/C19H29N9O2/c1-5-26(3)19(30)24-14-7-6-8-28(12(14)2)15-10-21-16(17(20)29)18(25-15)23-13-9-22-27(4)11-13/h9-12,14H,5-8H2,1-4H3,(H2,20,29)(H,23,25)(H,24,30)/t12-,14-/m1/s1. The van der Waals surface area contributed by atoms with E-state index in [0.29, 0.717) is 18.1 Å². The number of carbonyl (C=O) groups is 2. The fourth-order valence-electron chi connectivity index (χ4n) is 3.48. The Morgan fingerprint density at radius 1 is 1.37 bits per heavy atom. The van der Waals surface area contributed by atoms with Crippen molar-refractivity contribution in [2.75, 3.05) is 30.4 Å². The van der Waals surface area contributed by atoms with Crippen LogP contribution in [-0.4, -0.2) is 68.8 Å². The molecule has 3 amide bonds. The minimum atomic E-state index is -0.667. The topological polar surface area (TPSA) is 134 Å². The Morgan fingerprint density at radius 2 is 2.13 bits per heavy atom. The Balaban J connectivity index is 1.84. The van der Waals surface area contributed by atoms with Crippen LogP contribution >= 0.6 is 0 Å². The van der Waals surface area contributed by atoms with Gasteiger partial charge in [-0.1, -0.05) is 0 Å². The van der Waals surface area contributed by atoms with Crippen LogP contribution in [0.3, 0.4) is 0 Å². The molecule has 0 spiro atoms. The molecule has 2 aromatic heterocycles. The van der Waals surface area contributed by atoms with E-state index in [-0.39, 0.29) is 29.6 Å². The van der Waals surface area contributed by atoms with Crippen molar-refractivity contribution < 1.29 is 9.59 Å². The second-order valence-electron chi connectivity index (χ2n) is 7.46. The number of urea groups is 1. The number of carbonyl (C=O) groups excluding carboxylic acids is 2. The van der Waals surface area contributed by atoms with E-state index in [1.807, 2.05) is 13.8 Å². The third kappa shape index (κ3) is 4.61. The van der Waals surface area contributed by atoms with E-state index in [2.05, 4.69) is 30.6 Å². The molecule has 0 bridgehead atoms. The molecule has 0 unspecified atom stereocenters. The Labute approximate surface area is 175 Å². The van der Waals surface area contributed by atoms with Crippen molar-refractivity contribution in [3.63, 3.8) is 0 Å². The van der Waals surface area contributed by atoms with E-state index >= 15 is 0 Å². The van der Waals surface area contributed by atoms with E-state index in [1.54, 1.807) is 42.3 Å². The molecular formula is C19H29N9O2. The average molecular weight is 416 g/mol. The highest BCUT2D eigenvalue weighted by Crippen LogP contribution is 2.26. The van der Waals surface area contributed by atoms with Gasteiger partial charge in [0.25, 0.3) is 5.91 Å². The van der Waals surface area contributed by atoms with Crippen molar-refractivity contribution in [1.82, 2.24) is 30.0 Å². The molecule has 1 fully saturated rings. The number of piperidine rings is 1. The van der Waals surface area contributed by atoms with Crippen LogP contribution in [0, 0.1) is 0 Å². The van der Waals surface area contributed by atoms with Crippen LogP contribution in [0.5, 0.6) is 0 Å². The first-order valence-corrected chi connectivity index (χ1v) is 10.0. The number of nitrogens with zero attached hydrogens (tertiary/aromatic N) is 6. The molecule has 30 heavy (non-hydrogen) atoms. The molecule has 11 heteroatoms. The predicted molar refractivity (Wildman–Crippen MR) is 114 cm³/mol. The van der Waals surface area contributed by atoms with Gasteiger partial charge < -0.3 is 26.2 Å². The lowest BCUT2D eigenvalue weighted by Gasteiger charge is -2.40. The first kappa shape index (κ1) is 21.3. The monoisotopic (exact) mass is 415 g/mol. The van der Waals surface area contributed by atoms with Crippen molar-refractivity contribution in [3.05, 3.63) is 24.3 Å². The number of nitrogens with one attached hydrogen (secondary N) is 2. The maximum absolute atomic E-state index is 12.3. The summed E-state index contributed by atoms with van der Waals surface area (Å²) >= 11 is 0. The normalized spacial score (nSPS) is 18.7. The Kier molecular flexibility index (Phi) is 6.38. The first-order chi connectivity index (χ1) is 14.3. The third-order valence-electron chi connectivity index (χ3n) is 5.37. The zero-order valence-electron chi connectivity index (χ0n) is 17.8. The van der Waals surface area contributed by atoms with Gasteiger partial charge in [0, 0.05) is 39.4 Å². The van der Waals surface area contributed by atoms with E-state index in [0.717, 1.165) is 19.4 Å². The fraction of sp³-hybridized carbons (Fsp3) is 0.526. The third-order valence-corrected chi connectivity index (χ3v) is 5.37. The molecule has 0 aliphatic carbocycles. The summed E-state index contributed by atoms with van der Waals surface area (Å²) in [6, 6.07) is -0.106. The van der Waals surface area contributed by atoms with E-state index in [9.17, 15) is 9.59 Å². The lowest BCUT2D eigenvalue weighted by Crippen LogP contribution is -2.56. The number of nitrogens with two attached hydrogens (primary N) is 1. The molecule has 0 saturated carbocycles. The second kappa shape index (κ2) is 8.97. The summed E-state index contributed by atoms with van der Waals surface area (Å²) in [6.45, 7) is 5.39. The van der Waals surface area contributed by atoms with Crippen LogP contribution in [0.25, 0.3) is 0 Å². The van der Waals surface area contributed by atoms with Crippen LogP contribution < -0.4 is 21.3 Å². The summed E-state index contributed by atoms with van der Waals surface area (Å²) in [6.07, 6.45) is 6.72. The maximum atomic E-state index is 12.3. The van der Waals surface area contributed by atoms with E-state index in [4.69, 9.17) is 5.73 Å². The molecule has 3 heterocycles. The molecule has 0 aromatic carbocycles. The van der Waals surface area contributed by atoms with Crippen LogP contribution in [0.2, 0.25) is 0 Å². The predicted octanol–water partition coefficient (Wildman–Crippen LogP) is 1.07. The molecule has 3 rings (SSSR count). The number of amides is 3. The molecular weight excluding hydrogens is 386 g/mol. The number of primary amides is 1. The maximum Gasteiger partial charge on any atom is 0.317 e. The minimum absolute atomic E-state index is 0.00734. The van der Waals surface area contributed by atoms with E-state index in [1.165, 1.54) is 0 Å². The van der Waals surface area contributed by atoms with Crippen molar-refractivity contribution in [1.29, 1.82) is 0 Å². The number of aromatic nitrogens is 4. The van der Waals surface area contributed by atoms with Crippen molar-refractivity contribution >= 4 is 29.3 Å². The number of hydrogen-bond acceptors (Lipinski definition) is 7. The lowest BCUT2D eigenvalue weighted by molar-refractivity contribution is 0.0996. The fourth-order valence-corrected chi connectivity index (χ4v) is 3.48. The van der Waals surface area contributed by atoms with Gasteiger partial charge in [0.2, 0.25) is 0 Å². The lowest BCUT2D eigenvalue weighted by atomic mass is 9.97. The molecule has 1 saturated heterocycles. The highest BCUT2D eigenvalue weighted by Gasteiger charge is 2.31. The van der Waals surface area contributed by atoms with Gasteiger partial charge in [0.05, 0.1) is 24.1 Å². The summed E-state index contributed by atoms with van der Waals surface area (Å²) in [4.78, 5) is 36.8.